The Balaban J connectivity index is 1.89. The van der Waals surface area contributed by atoms with E-state index >= 15 is 0 Å². The number of hydrogen-bond donors (Lipinski definition) is 1. The zero-order chi connectivity index (χ0) is 15.5. The number of aromatic nitrogens is 1. The fraction of sp³-hybridized carbons (Fsp3) is 0.0588. The number of halogens is 1. The van der Waals surface area contributed by atoms with Crippen molar-refractivity contribution in [3.8, 4) is 5.75 Å². The fourth-order valence-electron chi connectivity index (χ4n) is 2.23. The van der Waals surface area contributed by atoms with E-state index in [1.54, 1.807) is 36.4 Å². The van der Waals surface area contributed by atoms with Crippen LogP contribution in [0.4, 0.5) is 0 Å². The summed E-state index contributed by atoms with van der Waals surface area (Å²) in [5.41, 5.74) is 1.83. The lowest BCUT2D eigenvalue weighted by atomic mass is 10.1. The van der Waals surface area contributed by atoms with Crippen molar-refractivity contribution in [2.24, 2.45) is 0 Å². The molecule has 0 aliphatic heterocycles. The van der Waals surface area contributed by atoms with E-state index in [0.717, 1.165) is 17.2 Å². The molecule has 3 rings (SSSR count). The van der Waals surface area contributed by atoms with Crippen molar-refractivity contribution in [3.05, 3.63) is 75.0 Å². The molecule has 0 unspecified atom stereocenters. The summed E-state index contributed by atoms with van der Waals surface area (Å²) in [4.78, 5) is 25.1. The molecule has 0 radical (unpaired) electrons. The maximum absolute atomic E-state index is 11.7. The summed E-state index contributed by atoms with van der Waals surface area (Å²) in [5, 5.41) is 1.44. The minimum atomic E-state index is -0.204. The highest BCUT2D eigenvalue weighted by molar-refractivity contribution is 6.31. The molecule has 22 heavy (non-hydrogen) atoms. The minimum Gasteiger partial charge on any atom is -0.489 e. The number of rotatable bonds is 4. The van der Waals surface area contributed by atoms with E-state index in [1.807, 2.05) is 6.07 Å². The molecule has 2 aromatic carbocycles. The number of hydrogen-bond acceptors (Lipinski definition) is 3. The first-order chi connectivity index (χ1) is 10.7. The van der Waals surface area contributed by atoms with Gasteiger partial charge < -0.3 is 9.72 Å². The van der Waals surface area contributed by atoms with Gasteiger partial charge in [0.2, 0.25) is 5.56 Å². The van der Waals surface area contributed by atoms with Crippen molar-refractivity contribution in [3.63, 3.8) is 0 Å². The topological polar surface area (TPSA) is 59.2 Å². The summed E-state index contributed by atoms with van der Waals surface area (Å²) >= 11 is 5.94. The number of pyridine rings is 1. The van der Waals surface area contributed by atoms with Crippen molar-refractivity contribution in [2.45, 2.75) is 6.61 Å². The van der Waals surface area contributed by atoms with Crippen LogP contribution in [0.2, 0.25) is 5.02 Å². The van der Waals surface area contributed by atoms with Gasteiger partial charge in [0.1, 0.15) is 18.6 Å². The Labute approximate surface area is 131 Å². The first-order valence-electron chi connectivity index (χ1n) is 6.65. The SMILES string of the molecule is O=Cc1ccc(OCc2cc(=O)[nH]c3cc(Cl)ccc23)cc1. The second-order valence-electron chi connectivity index (χ2n) is 4.82. The number of carbonyl (C=O) groups is 1. The predicted molar refractivity (Wildman–Crippen MR) is 85.7 cm³/mol. The number of aromatic amines is 1. The second-order valence-corrected chi connectivity index (χ2v) is 5.26. The third-order valence-corrected chi connectivity index (χ3v) is 3.54. The molecule has 1 aromatic heterocycles. The van der Waals surface area contributed by atoms with Crippen molar-refractivity contribution in [2.75, 3.05) is 0 Å². The average Bonchev–Trinajstić information content (AvgIpc) is 2.52. The summed E-state index contributed by atoms with van der Waals surface area (Å²) in [6, 6.07) is 13.6. The first-order valence-corrected chi connectivity index (χ1v) is 7.03. The normalized spacial score (nSPS) is 10.6. The van der Waals surface area contributed by atoms with Crippen LogP contribution in [0.25, 0.3) is 10.9 Å². The third-order valence-electron chi connectivity index (χ3n) is 3.30. The van der Waals surface area contributed by atoms with Crippen LogP contribution in [0.1, 0.15) is 15.9 Å². The molecule has 0 atom stereocenters. The largest absolute Gasteiger partial charge is 0.489 e. The predicted octanol–water partition coefficient (Wildman–Crippen LogP) is 3.57. The highest BCUT2D eigenvalue weighted by Gasteiger charge is 2.05. The summed E-state index contributed by atoms with van der Waals surface area (Å²) in [6.07, 6.45) is 0.776. The Morgan fingerprint density at radius 3 is 2.59 bits per heavy atom. The standard InChI is InChI=1S/C17H12ClNO3/c18-13-3-6-15-12(7-17(21)19-16(15)8-13)10-22-14-4-1-11(9-20)2-5-14/h1-9H,10H2,(H,19,21). The molecule has 0 saturated carbocycles. The number of carbonyl (C=O) groups excluding carboxylic acids is 1. The van der Waals surface area contributed by atoms with E-state index in [9.17, 15) is 9.59 Å². The number of nitrogens with one attached hydrogen (secondary N) is 1. The molecular formula is C17H12ClNO3. The monoisotopic (exact) mass is 313 g/mol. The third kappa shape index (κ3) is 3.02. The van der Waals surface area contributed by atoms with Crippen LogP contribution >= 0.6 is 11.6 Å². The van der Waals surface area contributed by atoms with E-state index in [1.165, 1.54) is 6.07 Å². The Bertz CT molecular complexity index is 885. The Morgan fingerprint density at radius 2 is 1.86 bits per heavy atom. The Morgan fingerprint density at radius 1 is 1.09 bits per heavy atom. The quantitative estimate of drug-likeness (QED) is 0.749. The Hall–Kier alpha value is -2.59. The van der Waals surface area contributed by atoms with Crippen LogP contribution in [0, 0.1) is 0 Å². The molecule has 3 aromatic rings. The summed E-state index contributed by atoms with van der Waals surface area (Å²) in [5.74, 6) is 0.632. The summed E-state index contributed by atoms with van der Waals surface area (Å²) in [6.45, 7) is 0.252. The molecule has 0 fully saturated rings. The maximum Gasteiger partial charge on any atom is 0.248 e. The molecular weight excluding hydrogens is 302 g/mol. The molecule has 4 nitrogen and oxygen atoms in total. The van der Waals surface area contributed by atoms with E-state index in [2.05, 4.69) is 4.98 Å². The van der Waals surface area contributed by atoms with Crippen LogP contribution in [-0.2, 0) is 6.61 Å². The van der Waals surface area contributed by atoms with Gasteiger partial charge in [-0.25, -0.2) is 0 Å². The second kappa shape index (κ2) is 6.03. The van der Waals surface area contributed by atoms with E-state index in [0.29, 0.717) is 21.9 Å². The number of aldehydes is 1. The zero-order valence-corrected chi connectivity index (χ0v) is 12.3. The zero-order valence-electron chi connectivity index (χ0n) is 11.5. The van der Waals surface area contributed by atoms with Gasteiger partial charge in [0.25, 0.3) is 0 Å². The average molecular weight is 314 g/mol. The highest BCUT2D eigenvalue weighted by Crippen LogP contribution is 2.21. The van der Waals surface area contributed by atoms with E-state index in [4.69, 9.17) is 16.3 Å². The van der Waals surface area contributed by atoms with Crippen molar-refractivity contribution in [1.82, 2.24) is 4.98 Å². The molecule has 0 saturated heterocycles. The molecule has 1 heterocycles. The van der Waals surface area contributed by atoms with Gasteiger partial charge in [-0.3, -0.25) is 9.59 Å². The lowest BCUT2D eigenvalue weighted by molar-refractivity contribution is 0.112. The fourth-order valence-corrected chi connectivity index (χ4v) is 2.40. The van der Waals surface area contributed by atoms with E-state index < -0.39 is 0 Å². The number of fused-ring (bicyclic) bond motifs is 1. The van der Waals surface area contributed by atoms with Gasteiger partial charge in [-0.15, -0.1) is 0 Å². The van der Waals surface area contributed by atoms with Crippen molar-refractivity contribution >= 4 is 28.8 Å². The van der Waals surface area contributed by atoms with Crippen molar-refractivity contribution < 1.29 is 9.53 Å². The van der Waals surface area contributed by atoms with Crippen LogP contribution < -0.4 is 10.3 Å². The smallest absolute Gasteiger partial charge is 0.248 e. The van der Waals surface area contributed by atoms with Gasteiger partial charge in [0.05, 0.1) is 5.52 Å². The molecule has 1 N–H and O–H groups in total. The van der Waals surface area contributed by atoms with Crippen molar-refractivity contribution in [1.29, 1.82) is 0 Å². The summed E-state index contributed by atoms with van der Waals surface area (Å²) < 4.78 is 5.68. The molecule has 0 spiro atoms. The first kappa shape index (κ1) is 14.4. The van der Waals surface area contributed by atoms with Crippen LogP contribution in [0.15, 0.2) is 53.3 Å². The van der Waals surface area contributed by atoms with E-state index in [-0.39, 0.29) is 12.2 Å². The molecule has 0 aliphatic rings. The van der Waals surface area contributed by atoms with Crippen LogP contribution in [-0.4, -0.2) is 11.3 Å². The molecule has 0 bridgehead atoms. The van der Waals surface area contributed by atoms with Gasteiger partial charge in [-0.2, -0.15) is 0 Å². The summed E-state index contributed by atoms with van der Waals surface area (Å²) in [7, 11) is 0. The molecule has 0 amide bonds. The van der Waals surface area contributed by atoms with Crippen LogP contribution in [0.3, 0.4) is 0 Å². The Kier molecular flexibility index (Phi) is 3.94. The molecule has 0 aliphatic carbocycles. The maximum atomic E-state index is 11.7. The number of H-pyrrole nitrogens is 1. The lowest BCUT2D eigenvalue weighted by Crippen LogP contribution is -2.08. The number of benzene rings is 2. The van der Waals surface area contributed by atoms with Gasteiger partial charge >= 0.3 is 0 Å². The molecule has 110 valence electrons. The van der Waals surface area contributed by atoms with Gasteiger partial charge in [-0.05, 0) is 36.4 Å². The van der Waals surface area contributed by atoms with Gasteiger partial charge in [0, 0.05) is 27.6 Å². The van der Waals surface area contributed by atoms with Crippen LogP contribution in [0.5, 0.6) is 5.75 Å². The highest BCUT2D eigenvalue weighted by atomic mass is 35.5. The minimum absolute atomic E-state index is 0.204. The molecule has 5 heteroatoms. The van der Waals surface area contributed by atoms with Gasteiger partial charge in [-0.1, -0.05) is 17.7 Å². The number of ether oxygens (including phenoxy) is 1. The van der Waals surface area contributed by atoms with Gasteiger partial charge in [0.15, 0.2) is 0 Å². The lowest BCUT2D eigenvalue weighted by Gasteiger charge is -2.09.